The second-order valence-electron chi connectivity index (χ2n) is 23.5. The number of rotatable bonds is 61. The van der Waals surface area contributed by atoms with Crippen LogP contribution in [0.5, 0.6) is 0 Å². The van der Waals surface area contributed by atoms with Crippen molar-refractivity contribution in [3.05, 3.63) is 85.1 Å². The third-order valence-corrected chi connectivity index (χ3v) is 15.4. The summed E-state index contributed by atoms with van der Waals surface area (Å²) in [5.74, 6) is -0.791. The van der Waals surface area contributed by atoms with Crippen LogP contribution in [0.3, 0.4) is 0 Å². The van der Waals surface area contributed by atoms with E-state index in [0.29, 0.717) is 17.4 Å². The van der Waals surface area contributed by atoms with Crippen LogP contribution in [-0.2, 0) is 32.7 Å². The monoisotopic (exact) mass is 1140 g/mol. The number of esters is 2. The van der Waals surface area contributed by atoms with Crippen LogP contribution in [0.4, 0.5) is 0 Å². The molecular formula is C70H127NO8P+. The smallest absolute Gasteiger partial charge is 0.462 e. The van der Waals surface area contributed by atoms with Gasteiger partial charge in [0.2, 0.25) is 0 Å². The molecule has 1 N–H and O–H groups in total. The fraction of sp³-hybridized carbons (Fsp3) is 0.771. The molecule has 0 fully saturated rings. The van der Waals surface area contributed by atoms with E-state index in [4.69, 9.17) is 18.5 Å². The van der Waals surface area contributed by atoms with Gasteiger partial charge in [-0.05, 0) is 89.9 Å². The Morgan fingerprint density at radius 3 is 1.07 bits per heavy atom. The number of likely N-dealkylation sites (N-methyl/N-ethyl adjacent to an activating group) is 1. The average Bonchev–Trinajstić information content (AvgIpc) is 3.42. The van der Waals surface area contributed by atoms with Crippen molar-refractivity contribution in [2.45, 2.75) is 302 Å². The Hall–Kier alpha value is -2.81. The van der Waals surface area contributed by atoms with Gasteiger partial charge in [0.25, 0.3) is 0 Å². The lowest BCUT2D eigenvalue weighted by atomic mass is 10.0. The molecule has 0 aliphatic rings. The maximum absolute atomic E-state index is 12.9. The molecule has 464 valence electrons. The van der Waals surface area contributed by atoms with Crippen molar-refractivity contribution in [1.29, 1.82) is 0 Å². The zero-order valence-electron chi connectivity index (χ0n) is 52.8. The molecular weight excluding hydrogens is 1010 g/mol. The number of nitrogens with zero attached hydrogens (tertiary/aromatic N) is 1. The maximum Gasteiger partial charge on any atom is 0.472 e. The summed E-state index contributed by atoms with van der Waals surface area (Å²) >= 11 is 0. The molecule has 0 saturated carbocycles. The minimum atomic E-state index is -4.39. The lowest BCUT2D eigenvalue weighted by molar-refractivity contribution is -0.870. The summed E-state index contributed by atoms with van der Waals surface area (Å²) in [6, 6.07) is 0. The molecule has 0 bridgehead atoms. The predicted molar refractivity (Wildman–Crippen MR) is 344 cm³/mol. The number of unbranched alkanes of at least 4 members (excludes halogenated alkanes) is 33. The average molecular weight is 1140 g/mol. The van der Waals surface area contributed by atoms with Crippen molar-refractivity contribution in [2.75, 3.05) is 47.5 Å². The number of ether oxygens (including phenoxy) is 2. The molecule has 0 heterocycles. The number of carbonyl (C=O) groups excluding carboxylic acids is 2. The minimum Gasteiger partial charge on any atom is -0.462 e. The van der Waals surface area contributed by atoms with Crippen molar-refractivity contribution < 1.29 is 42.1 Å². The van der Waals surface area contributed by atoms with Gasteiger partial charge in [0.1, 0.15) is 19.8 Å². The van der Waals surface area contributed by atoms with Crippen molar-refractivity contribution in [3.8, 4) is 0 Å². The highest BCUT2D eigenvalue weighted by atomic mass is 31.2. The Bertz CT molecular complexity index is 1630. The summed E-state index contributed by atoms with van der Waals surface area (Å²) in [6.45, 7) is 4.35. The van der Waals surface area contributed by atoms with Gasteiger partial charge in [0.05, 0.1) is 27.7 Å². The Balaban J connectivity index is 4.04. The zero-order valence-corrected chi connectivity index (χ0v) is 53.7. The Morgan fingerprint density at radius 1 is 0.400 bits per heavy atom. The molecule has 0 aromatic carbocycles. The van der Waals surface area contributed by atoms with Gasteiger partial charge in [-0.3, -0.25) is 18.6 Å². The standard InChI is InChI=1S/C70H126NO8P/c1-6-8-10-12-14-16-18-20-22-24-26-28-29-30-31-32-33-34-35-36-37-38-39-40-41-43-45-47-49-51-53-55-57-59-61-63-70(73)79-68(67-78-80(74,75)77-65-64-71(3,4)5)66-76-69(72)62-60-58-56-54-52-50-48-46-44-42-27-25-23-21-19-17-15-13-11-9-7-2/h8,10,14,16,20,22,25-28,30-31,33-34,68H,6-7,9,11-13,15,17-19,21,23-24,29,32,35-67H2,1-5H3/p+1/b10-8-,16-14-,22-20-,27-25-,28-26-,31-30-,34-33-. The summed E-state index contributed by atoms with van der Waals surface area (Å²) in [5.41, 5.74) is 0. The number of phosphoric ester groups is 1. The molecule has 9 nitrogen and oxygen atoms in total. The van der Waals surface area contributed by atoms with E-state index in [9.17, 15) is 19.0 Å². The molecule has 0 aliphatic heterocycles. The largest absolute Gasteiger partial charge is 0.472 e. The number of hydrogen-bond acceptors (Lipinski definition) is 7. The van der Waals surface area contributed by atoms with Crippen molar-refractivity contribution in [1.82, 2.24) is 0 Å². The number of hydrogen-bond donors (Lipinski definition) is 1. The van der Waals surface area contributed by atoms with Crippen molar-refractivity contribution in [3.63, 3.8) is 0 Å². The summed E-state index contributed by atoms with van der Waals surface area (Å²) in [6.07, 6.45) is 82.4. The molecule has 0 aliphatic carbocycles. The van der Waals surface area contributed by atoms with Gasteiger partial charge in [0.15, 0.2) is 6.10 Å². The van der Waals surface area contributed by atoms with Gasteiger partial charge in [-0.1, -0.05) is 279 Å². The highest BCUT2D eigenvalue weighted by molar-refractivity contribution is 7.47. The Labute approximate surface area is 494 Å². The maximum atomic E-state index is 12.9. The van der Waals surface area contributed by atoms with Gasteiger partial charge in [0, 0.05) is 12.8 Å². The molecule has 2 atom stereocenters. The molecule has 0 spiro atoms. The first-order valence-corrected chi connectivity index (χ1v) is 34.8. The van der Waals surface area contributed by atoms with Crippen LogP contribution in [0.1, 0.15) is 296 Å². The van der Waals surface area contributed by atoms with Crippen molar-refractivity contribution in [2.24, 2.45) is 0 Å². The summed E-state index contributed by atoms with van der Waals surface area (Å²) in [5, 5.41) is 0. The van der Waals surface area contributed by atoms with E-state index in [0.717, 1.165) is 70.6 Å². The molecule has 0 rings (SSSR count). The molecule has 2 unspecified atom stereocenters. The molecule has 80 heavy (non-hydrogen) atoms. The first-order chi connectivity index (χ1) is 39.0. The van der Waals surface area contributed by atoms with Crippen LogP contribution < -0.4 is 0 Å². The van der Waals surface area contributed by atoms with Crippen LogP contribution in [0.2, 0.25) is 0 Å². The predicted octanol–water partition coefficient (Wildman–Crippen LogP) is 21.4. The van der Waals surface area contributed by atoms with E-state index in [-0.39, 0.29) is 32.0 Å². The van der Waals surface area contributed by atoms with Gasteiger partial charge >= 0.3 is 19.8 Å². The second-order valence-corrected chi connectivity index (χ2v) is 24.9. The third kappa shape index (κ3) is 64.4. The molecule has 0 amide bonds. The van der Waals surface area contributed by atoms with Crippen molar-refractivity contribution >= 4 is 19.8 Å². The lowest BCUT2D eigenvalue weighted by Crippen LogP contribution is -2.37. The van der Waals surface area contributed by atoms with Crippen LogP contribution in [0.15, 0.2) is 85.1 Å². The van der Waals surface area contributed by atoms with E-state index in [1.165, 1.54) is 193 Å². The Morgan fingerprint density at radius 2 is 0.713 bits per heavy atom. The lowest BCUT2D eigenvalue weighted by Gasteiger charge is -2.24. The topological polar surface area (TPSA) is 108 Å². The van der Waals surface area contributed by atoms with E-state index in [2.05, 4.69) is 98.9 Å². The number of carbonyl (C=O) groups is 2. The van der Waals surface area contributed by atoms with Gasteiger partial charge in [-0.25, -0.2) is 4.57 Å². The highest BCUT2D eigenvalue weighted by Gasteiger charge is 2.27. The van der Waals surface area contributed by atoms with Crippen LogP contribution in [0, 0.1) is 0 Å². The first kappa shape index (κ1) is 77.2. The van der Waals surface area contributed by atoms with Crippen LogP contribution in [-0.4, -0.2) is 74.9 Å². The second kappa shape index (κ2) is 60.8. The summed E-state index contributed by atoms with van der Waals surface area (Å²) in [7, 11) is 1.48. The molecule has 0 aromatic rings. The number of phosphoric acid groups is 1. The van der Waals surface area contributed by atoms with Gasteiger partial charge < -0.3 is 18.9 Å². The summed E-state index contributed by atoms with van der Waals surface area (Å²) < 4.78 is 34.7. The fourth-order valence-corrected chi connectivity index (χ4v) is 10.1. The SMILES string of the molecule is CC/C=C\C/C=C\C/C=C\C/C=C\C/C=C\C/C=C\CCCCCCCCCCCCCCCCCCC(=O)OC(COC(=O)CCCCCCCCCCC/C=C\CCCCCCCCCC)COP(=O)(O)OCC[N+](C)(C)C. The van der Waals surface area contributed by atoms with Crippen LogP contribution in [0.25, 0.3) is 0 Å². The molecule has 0 radical (unpaired) electrons. The molecule has 0 saturated heterocycles. The fourth-order valence-electron chi connectivity index (χ4n) is 9.31. The van der Waals surface area contributed by atoms with E-state index < -0.39 is 26.5 Å². The third-order valence-electron chi connectivity index (χ3n) is 14.4. The Kier molecular flexibility index (Phi) is 58.6. The minimum absolute atomic E-state index is 0.0303. The summed E-state index contributed by atoms with van der Waals surface area (Å²) in [4.78, 5) is 35.8. The van der Waals surface area contributed by atoms with Gasteiger partial charge in [-0.15, -0.1) is 0 Å². The zero-order chi connectivity index (χ0) is 58.4. The first-order valence-electron chi connectivity index (χ1n) is 33.3. The quantitative estimate of drug-likeness (QED) is 0.0211. The van der Waals surface area contributed by atoms with E-state index in [1.807, 2.05) is 21.1 Å². The molecule has 0 aromatic heterocycles. The molecule has 10 heteroatoms. The normalized spacial score (nSPS) is 13.7. The van der Waals surface area contributed by atoms with E-state index in [1.54, 1.807) is 0 Å². The van der Waals surface area contributed by atoms with Crippen LogP contribution >= 0.6 is 7.82 Å². The highest BCUT2D eigenvalue weighted by Crippen LogP contribution is 2.43. The van der Waals surface area contributed by atoms with E-state index >= 15 is 0 Å². The van der Waals surface area contributed by atoms with Gasteiger partial charge in [-0.2, -0.15) is 0 Å². The number of allylic oxidation sites excluding steroid dienone is 14. The number of quaternary nitrogens is 1.